The summed E-state index contributed by atoms with van der Waals surface area (Å²) < 4.78 is 45.1. The summed E-state index contributed by atoms with van der Waals surface area (Å²) in [5.41, 5.74) is 13.8. The number of carboxylic acid groups (broad SMARTS) is 1. The predicted octanol–water partition coefficient (Wildman–Crippen LogP) is 0.739. The van der Waals surface area contributed by atoms with Crippen LogP contribution < -0.4 is 64.6 Å². The number of aromatic hydroxyl groups is 2. The number of phenols is 2. The van der Waals surface area contributed by atoms with Gasteiger partial charge in [-0.3, -0.25) is 76.7 Å². The number of aliphatic carboxylic acids is 1. The lowest BCUT2D eigenvalue weighted by Gasteiger charge is -2.38. The third-order valence-corrected chi connectivity index (χ3v) is 24.9. The maximum absolute atomic E-state index is 15.7. The summed E-state index contributed by atoms with van der Waals surface area (Å²) in [5.74, 6) is -24.6. The standard InChI is InChI=1S/C96H120F3N17O21S/c1-7-8-25-75-95(136)116-50-63(120)45-77(116)92(133)110-72(46-82(124)125)90(131)112-84(53(2)3)96(137)114(5)76(42-54-18-11-9-12-19-54)91(132)109-69(39-56-26-30-60(117)31-27-56)85(126)103-48-62(119)34-35-80(122)105-71(44-59-47-102-67-23-16-15-22-64(59)67)89(130)108-70(40-57-28-32-61(118)33-29-57)88(129)107-68(24-17-36-100)87(128)111-74(86(127)104-49-79(101)121)51-138-52-81(123)106-73(41-58-37-65(97)83(99)66(98)38-58)93(134)115(6)78(94(135)113(75)4)43-55-20-13-10-14-21-55/h9-16,18-23,26-33,37-38,47,53,62-63,68-78,84,102,117-120H,7-8,17,24-25,34-36,39-46,48-52,100H2,1-6H3,(H2,101,121)(H,103,126)(H,104,127)(H,105,122)(H,106,123)(H,107,129)(H,108,130)(H,109,132)(H,110,133)(H,111,128)(H,112,131)(H,124,125)/t62-,63-,68-,69-,70-,71-,72-,73-,74-,75-,76-,77+,78-,84-/m0/s1. The van der Waals surface area contributed by atoms with E-state index in [1.807, 2.05) is 0 Å². The summed E-state index contributed by atoms with van der Waals surface area (Å²) in [6, 6.07) is 15.5. The Hall–Kier alpha value is -14.0. The first-order chi connectivity index (χ1) is 65.7. The van der Waals surface area contributed by atoms with Gasteiger partial charge in [-0.15, -0.1) is 11.8 Å². The van der Waals surface area contributed by atoms with Crippen molar-refractivity contribution in [3.05, 3.63) is 203 Å². The second-order valence-corrected chi connectivity index (χ2v) is 35.7. The van der Waals surface area contributed by atoms with E-state index in [4.69, 9.17) is 11.5 Å². The Kier molecular flexibility index (Phi) is 40.4. The van der Waals surface area contributed by atoms with E-state index in [0.29, 0.717) is 69.0 Å². The SMILES string of the molecule is CCCC[C@H]1C(=O)N2C[C@@H](O)C[C@@H]2C(=O)N[C@@H](CC(=O)O)C(=O)N[C@@H](C(C)C)C(=O)N(C)[C@@H](Cc2ccccc2)C(=O)N[C@@H](Cc2ccc(O)cc2)C(=O)NC[C@@H](O)CCC(=O)N[C@@H](Cc2c[nH]c3ccccc23)C(=O)N[C@@H](Cc2ccc(O)cc2)C(=O)N[C@@H](CCCN)C(=O)N[C@H](C(=O)NCC(N)=O)CSCC(=O)N[C@@H](Cc2cc(F)c(F)c(F)c2)C(=O)N(C)[C@@H](Cc2ccccc2)C(=O)N1C. The van der Waals surface area contributed by atoms with E-state index in [1.165, 1.54) is 76.5 Å². The average molecular weight is 1940 g/mol. The highest BCUT2D eigenvalue weighted by atomic mass is 32.2. The number of phenolic OH excluding ortho intramolecular Hbond substituents is 2. The van der Waals surface area contributed by atoms with Gasteiger partial charge in [0.1, 0.15) is 84.0 Å². The Morgan fingerprint density at radius 3 is 1.62 bits per heavy atom. The first-order valence-corrected chi connectivity index (χ1v) is 46.4. The van der Waals surface area contributed by atoms with Crippen LogP contribution in [0.5, 0.6) is 11.5 Å². The summed E-state index contributed by atoms with van der Waals surface area (Å²) in [6.07, 6.45) is -5.96. The van der Waals surface area contributed by atoms with Crippen molar-refractivity contribution in [2.45, 2.75) is 202 Å². The topological polar surface area (TPSA) is 575 Å². The van der Waals surface area contributed by atoms with Gasteiger partial charge in [-0.25, -0.2) is 13.2 Å². The molecule has 2 aliphatic heterocycles. The number of H-pyrrole nitrogens is 1. The second-order valence-electron chi connectivity index (χ2n) is 34.6. The zero-order valence-corrected chi connectivity index (χ0v) is 78.0. The number of unbranched alkanes of at least 4 members (excludes halogenated alkanes) is 1. The normalized spacial score (nSPS) is 23.4. The largest absolute Gasteiger partial charge is 0.508 e. The average Bonchev–Trinajstić information content (AvgIpc) is 1.60. The van der Waals surface area contributed by atoms with Crippen LogP contribution in [0.25, 0.3) is 10.9 Å². The number of aromatic amines is 1. The van der Waals surface area contributed by atoms with E-state index < -0.39 is 265 Å². The van der Waals surface area contributed by atoms with E-state index >= 15 is 42.3 Å². The van der Waals surface area contributed by atoms with Crippen molar-refractivity contribution in [2.75, 3.05) is 58.8 Å². The number of β-amino-alcohol motifs (C(OH)–C–C–N with tert-alkyl or cyclic N) is 1. The summed E-state index contributed by atoms with van der Waals surface area (Å²) in [4.78, 5) is 242. The van der Waals surface area contributed by atoms with Gasteiger partial charge in [-0.05, 0) is 114 Å². The zero-order valence-electron chi connectivity index (χ0n) is 77.2. The highest BCUT2D eigenvalue weighted by Crippen LogP contribution is 2.28. The number of carbonyl (C=O) groups is 16. The number of fused-ring (bicyclic) bond motifs is 2. The first kappa shape index (κ1) is 108. The third kappa shape index (κ3) is 31.3. The number of carbonyl (C=O) groups excluding carboxylic acids is 15. The predicted molar refractivity (Wildman–Crippen MR) is 500 cm³/mol. The van der Waals surface area contributed by atoms with Gasteiger partial charge in [-0.1, -0.05) is 137 Å². The molecule has 0 saturated carbocycles. The van der Waals surface area contributed by atoms with E-state index in [-0.39, 0.29) is 82.3 Å². The van der Waals surface area contributed by atoms with Crippen molar-refractivity contribution in [3.63, 3.8) is 0 Å². The Balaban J connectivity index is 1.11. The van der Waals surface area contributed by atoms with Crippen LogP contribution in [0.3, 0.4) is 0 Å². The molecule has 1 aromatic heterocycles. The molecule has 14 atom stereocenters. The molecule has 2 fully saturated rings. The molecule has 0 unspecified atom stereocenters. The minimum absolute atomic E-state index is 0.0248. The molecule has 20 N–H and O–H groups in total. The molecule has 42 heteroatoms. The number of nitrogens with two attached hydrogens (primary N) is 2. The quantitative estimate of drug-likeness (QED) is 0.0371. The number of aliphatic hydroxyl groups is 2. The number of aliphatic hydroxyl groups excluding tert-OH is 2. The monoisotopic (exact) mass is 1940 g/mol. The van der Waals surface area contributed by atoms with Gasteiger partial charge in [0.05, 0.1) is 30.9 Å². The molecule has 9 rings (SSSR count). The zero-order chi connectivity index (χ0) is 101. The fourth-order valence-electron chi connectivity index (χ4n) is 16.1. The van der Waals surface area contributed by atoms with Gasteiger partial charge in [-0.2, -0.15) is 0 Å². The van der Waals surface area contributed by atoms with Gasteiger partial charge >= 0.3 is 5.97 Å². The first-order valence-electron chi connectivity index (χ1n) is 45.2. The molecule has 38 nitrogen and oxygen atoms in total. The van der Waals surface area contributed by atoms with Crippen LogP contribution in [-0.2, 0) is 115 Å². The van der Waals surface area contributed by atoms with Crippen molar-refractivity contribution in [1.82, 2.24) is 77.8 Å². The van der Waals surface area contributed by atoms with Gasteiger partial charge in [0.15, 0.2) is 17.5 Å². The number of hydrogen-bond donors (Lipinski definition) is 18. The molecule has 0 spiro atoms. The number of halogens is 3. The number of amides is 15. The van der Waals surface area contributed by atoms with Gasteiger partial charge in [0.25, 0.3) is 0 Å². The Morgan fingerprint density at radius 2 is 1.04 bits per heavy atom. The smallest absolute Gasteiger partial charge is 0.305 e. The Bertz CT molecular complexity index is 5440. The number of primary amides is 1. The molecule has 0 aliphatic carbocycles. The Labute approximate surface area is 798 Å². The van der Waals surface area contributed by atoms with Crippen LogP contribution in [0, 0.1) is 23.4 Å². The van der Waals surface area contributed by atoms with Crippen molar-refractivity contribution in [3.8, 4) is 11.5 Å². The van der Waals surface area contributed by atoms with Crippen LogP contribution in [0.15, 0.2) is 152 Å². The van der Waals surface area contributed by atoms with Crippen molar-refractivity contribution >= 4 is 117 Å². The maximum atomic E-state index is 15.7. The number of rotatable bonds is 24. The van der Waals surface area contributed by atoms with Crippen LogP contribution in [0.4, 0.5) is 13.2 Å². The molecule has 138 heavy (non-hydrogen) atoms. The molecule has 742 valence electrons. The fourth-order valence-corrected chi connectivity index (χ4v) is 17.0. The number of nitrogens with one attached hydrogen (secondary N) is 11. The molecule has 7 aromatic rings. The summed E-state index contributed by atoms with van der Waals surface area (Å²) in [6.45, 7) is 2.81. The number of para-hydroxylation sites is 1. The molecule has 2 saturated heterocycles. The Morgan fingerprint density at radius 1 is 0.522 bits per heavy atom. The number of hydrogen-bond acceptors (Lipinski definition) is 22. The fraction of sp³-hybridized carbons (Fsp3) is 0.438. The summed E-state index contributed by atoms with van der Waals surface area (Å²) in [5, 5.41) is 80.4. The van der Waals surface area contributed by atoms with Crippen molar-refractivity contribution < 1.29 is 115 Å². The molecule has 6 aromatic carbocycles. The molecular formula is C96H120F3N17O21S. The highest BCUT2D eigenvalue weighted by molar-refractivity contribution is 8.00. The van der Waals surface area contributed by atoms with Crippen LogP contribution in [0.2, 0.25) is 0 Å². The number of likely N-dealkylation sites (N-methyl/N-ethyl adjacent to an activating group) is 3. The molecule has 0 bridgehead atoms. The number of benzene rings is 6. The number of carboxylic acids is 1. The van der Waals surface area contributed by atoms with Crippen LogP contribution in [0.1, 0.15) is 112 Å². The molecule has 3 heterocycles. The van der Waals surface area contributed by atoms with E-state index in [1.54, 1.807) is 98.0 Å². The molecule has 2 aliphatic rings. The van der Waals surface area contributed by atoms with Crippen molar-refractivity contribution in [2.24, 2.45) is 17.4 Å². The van der Waals surface area contributed by atoms with E-state index in [9.17, 15) is 73.1 Å². The van der Waals surface area contributed by atoms with Gasteiger partial charge < -0.3 is 115 Å². The number of aromatic nitrogens is 1. The van der Waals surface area contributed by atoms with Crippen LogP contribution in [-0.4, -0.2) is 288 Å². The summed E-state index contributed by atoms with van der Waals surface area (Å²) in [7, 11) is 3.62. The van der Waals surface area contributed by atoms with E-state index in [2.05, 4.69) is 58.2 Å². The molecular weight excluding hydrogens is 1820 g/mol. The highest BCUT2D eigenvalue weighted by Gasteiger charge is 2.47. The lowest BCUT2D eigenvalue weighted by atomic mass is 9.98. The number of thioether (sulfide) groups is 1. The molecule has 0 radical (unpaired) electrons. The second kappa shape index (κ2) is 51.8. The summed E-state index contributed by atoms with van der Waals surface area (Å²) >= 11 is 0.640. The minimum Gasteiger partial charge on any atom is -0.508 e. The lowest BCUT2D eigenvalue weighted by Crippen LogP contribution is -2.61. The number of nitrogens with zero attached hydrogens (tertiary/aromatic N) is 4. The maximum Gasteiger partial charge on any atom is 0.305 e. The van der Waals surface area contributed by atoms with E-state index in [0.717, 1.165) is 26.6 Å². The van der Waals surface area contributed by atoms with Crippen LogP contribution >= 0.6 is 11.8 Å². The lowest BCUT2D eigenvalue weighted by molar-refractivity contribution is -0.152. The van der Waals surface area contributed by atoms with Crippen molar-refractivity contribution in [1.29, 1.82) is 0 Å². The van der Waals surface area contributed by atoms with Gasteiger partial charge in [0.2, 0.25) is 88.6 Å². The van der Waals surface area contributed by atoms with Gasteiger partial charge in [0, 0.05) is 108 Å². The molecule has 15 amide bonds. The third-order valence-electron chi connectivity index (χ3n) is 23.8. The minimum atomic E-state index is -2.04.